The number of hydrogen-bond acceptors (Lipinski definition) is 2. The molecular formula is C10H19NOS. The highest BCUT2D eigenvalue weighted by Crippen LogP contribution is 2.34. The van der Waals surface area contributed by atoms with Crippen LogP contribution in [0.3, 0.4) is 0 Å². The van der Waals surface area contributed by atoms with Crippen molar-refractivity contribution >= 4 is 18.5 Å². The molecule has 13 heavy (non-hydrogen) atoms. The number of rotatable bonds is 3. The summed E-state index contributed by atoms with van der Waals surface area (Å²) in [5.74, 6) is 0.353. The quantitative estimate of drug-likeness (QED) is 0.672. The molecule has 0 radical (unpaired) electrons. The van der Waals surface area contributed by atoms with E-state index >= 15 is 0 Å². The minimum Gasteiger partial charge on any atom is -0.355 e. The van der Waals surface area contributed by atoms with Crippen LogP contribution in [-0.4, -0.2) is 18.2 Å². The van der Waals surface area contributed by atoms with Gasteiger partial charge in [-0.1, -0.05) is 26.2 Å². The summed E-state index contributed by atoms with van der Waals surface area (Å²) in [5.41, 5.74) is 0.344. The molecule has 0 spiro atoms. The fourth-order valence-corrected chi connectivity index (χ4v) is 2.06. The van der Waals surface area contributed by atoms with Gasteiger partial charge in [0.05, 0.1) is 5.75 Å². The second kappa shape index (κ2) is 4.89. The highest BCUT2D eigenvalue weighted by Gasteiger charge is 2.26. The molecule has 0 aromatic rings. The molecule has 1 rings (SSSR count). The van der Waals surface area contributed by atoms with Crippen molar-refractivity contribution in [1.82, 2.24) is 5.32 Å². The van der Waals surface area contributed by atoms with Crippen LogP contribution in [0.5, 0.6) is 0 Å². The topological polar surface area (TPSA) is 29.1 Å². The lowest BCUT2D eigenvalue weighted by molar-refractivity contribution is -0.119. The zero-order valence-electron chi connectivity index (χ0n) is 8.31. The molecule has 0 aromatic heterocycles. The molecule has 1 aliphatic rings. The summed E-state index contributed by atoms with van der Waals surface area (Å²) in [6.45, 7) is 3.09. The first-order chi connectivity index (χ1) is 6.16. The van der Waals surface area contributed by atoms with E-state index in [1.807, 2.05) is 0 Å². The van der Waals surface area contributed by atoms with E-state index in [1.165, 1.54) is 32.1 Å². The molecule has 1 fully saturated rings. The van der Waals surface area contributed by atoms with E-state index < -0.39 is 0 Å². The highest BCUT2D eigenvalue weighted by molar-refractivity contribution is 7.81. The van der Waals surface area contributed by atoms with Gasteiger partial charge in [0.2, 0.25) is 5.91 Å². The van der Waals surface area contributed by atoms with Crippen molar-refractivity contribution in [2.45, 2.75) is 39.0 Å². The Morgan fingerprint density at radius 3 is 2.54 bits per heavy atom. The molecule has 1 saturated carbocycles. The molecule has 0 unspecified atom stereocenters. The molecule has 0 atom stereocenters. The van der Waals surface area contributed by atoms with Crippen LogP contribution in [0, 0.1) is 5.41 Å². The van der Waals surface area contributed by atoms with E-state index in [-0.39, 0.29) is 5.91 Å². The van der Waals surface area contributed by atoms with Crippen molar-refractivity contribution in [3.05, 3.63) is 0 Å². The molecule has 1 aliphatic carbocycles. The largest absolute Gasteiger partial charge is 0.355 e. The maximum Gasteiger partial charge on any atom is 0.229 e. The predicted octanol–water partition coefficient (Wildman–Crippen LogP) is 2.00. The van der Waals surface area contributed by atoms with Gasteiger partial charge in [-0.2, -0.15) is 12.6 Å². The highest BCUT2D eigenvalue weighted by atomic mass is 32.1. The van der Waals surface area contributed by atoms with Crippen LogP contribution < -0.4 is 5.32 Å². The lowest BCUT2D eigenvalue weighted by atomic mass is 9.76. The van der Waals surface area contributed by atoms with E-state index in [9.17, 15) is 4.79 Å². The van der Waals surface area contributed by atoms with Gasteiger partial charge in [0.25, 0.3) is 0 Å². The number of nitrogens with one attached hydrogen (secondary N) is 1. The van der Waals surface area contributed by atoms with E-state index in [4.69, 9.17) is 0 Å². The van der Waals surface area contributed by atoms with Crippen LogP contribution >= 0.6 is 12.6 Å². The molecular weight excluding hydrogens is 182 g/mol. The van der Waals surface area contributed by atoms with Gasteiger partial charge >= 0.3 is 0 Å². The van der Waals surface area contributed by atoms with Crippen molar-refractivity contribution < 1.29 is 4.79 Å². The van der Waals surface area contributed by atoms with Crippen LogP contribution in [0.15, 0.2) is 0 Å². The molecule has 2 nitrogen and oxygen atoms in total. The second-order valence-corrected chi connectivity index (χ2v) is 4.62. The average Bonchev–Trinajstić information content (AvgIpc) is 2.15. The summed E-state index contributed by atoms with van der Waals surface area (Å²) < 4.78 is 0. The molecule has 76 valence electrons. The Balaban J connectivity index is 2.28. The zero-order valence-corrected chi connectivity index (χ0v) is 9.20. The van der Waals surface area contributed by atoms with E-state index in [1.54, 1.807) is 0 Å². The number of carbonyl (C=O) groups excluding carboxylic acids is 1. The smallest absolute Gasteiger partial charge is 0.229 e. The Bertz CT molecular complexity index is 176. The number of hydrogen-bond donors (Lipinski definition) is 2. The lowest BCUT2D eigenvalue weighted by Crippen LogP contribution is -2.37. The standard InChI is InChI=1S/C10H19NOS/c1-10(5-3-2-4-6-10)8-11-9(12)7-13/h13H,2-8H2,1H3,(H,11,12). The Kier molecular flexibility index (Phi) is 4.10. The van der Waals surface area contributed by atoms with Crippen molar-refractivity contribution in [2.75, 3.05) is 12.3 Å². The summed E-state index contributed by atoms with van der Waals surface area (Å²) in [5, 5.41) is 2.93. The summed E-state index contributed by atoms with van der Waals surface area (Å²) >= 11 is 3.93. The molecule has 0 saturated heterocycles. The molecule has 1 amide bonds. The Morgan fingerprint density at radius 1 is 1.38 bits per heavy atom. The molecule has 0 aromatic carbocycles. The number of amides is 1. The SMILES string of the molecule is CC1(CNC(=O)CS)CCCCC1. The Hall–Kier alpha value is -0.180. The van der Waals surface area contributed by atoms with E-state index in [0.29, 0.717) is 11.2 Å². The van der Waals surface area contributed by atoms with Crippen LogP contribution in [0.2, 0.25) is 0 Å². The van der Waals surface area contributed by atoms with Crippen molar-refractivity contribution in [2.24, 2.45) is 5.41 Å². The first-order valence-electron chi connectivity index (χ1n) is 5.04. The van der Waals surface area contributed by atoms with Gasteiger partial charge in [0.15, 0.2) is 0 Å². The molecule has 1 N–H and O–H groups in total. The molecule has 0 bridgehead atoms. The second-order valence-electron chi connectivity index (χ2n) is 4.31. The van der Waals surface area contributed by atoms with Crippen LogP contribution in [0.25, 0.3) is 0 Å². The average molecular weight is 201 g/mol. The van der Waals surface area contributed by atoms with Crippen molar-refractivity contribution in [1.29, 1.82) is 0 Å². The fraction of sp³-hybridized carbons (Fsp3) is 0.900. The van der Waals surface area contributed by atoms with Gasteiger partial charge in [0.1, 0.15) is 0 Å². The van der Waals surface area contributed by atoms with Crippen LogP contribution in [0.4, 0.5) is 0 Å². The van der Waals surface area contributed by atoms with Gasteiger partial charge in [-0.25, -0.2) is 0 Å². The summed E-state index contributed by atoms with van der Waals surface area (Å²) in [4.78, 5) is 11.0. The van der Waals surface area contributed by atoms with Crippen molar-refractivity contribution in [3.8, 4) is 0 Å². The van der Waals surface area contributed by atoms with Gasteiger partial charge in [-0.15, -0.1) is 0 Å². The summed E-state index contributed by atoms with van der Waals surface area (Å²) in [7, 11) is 0. The van der Waals surface area contributed by atoms with Gasteiger partial charge in [-0.05, 0) is 18.3 Å². The zero-order chi connectivity index (χ0) is 9.73. The first kappa shape index (κ1) is 10.9. The third kappa shape index (κ3) is 3.59. The minimum absolute atomic E-state index is 0.0510. The maximum absolute atomic E-state index is 11.0. The predicted molar refractivity (Wildman–Crippen MR) is 58.1 cm³/mol. The first-order valence-corrected chi connectivity index (χ1v) is 5.67. The Morgan fingerprint density at radius 2 is 2.00 bits per heavy atom. The Labute approximate surface area is 85.9 Å². The number of thiol groups is 1. The van der Waals surface area contributed by atoms with Gasteiger partial charge in [0, 0.05) is 6.54 Å². The normalized spacial score (nSPS) is 21.1. The minimum atomic E-state index is 0.0510. The third-order valence-electron chi connectivity index (χ3n) is 2.92. The monoisotopic (exact) mass is 201 g/mol. The summed E-state index contributed by atoms with van der Waals surface area (Å²) in [6, 6.07) is 0. The third-order valence-corrected chi connectivity index (χ3v) is 3.20. The van der Waals surface area contributed by atoms with Crippen LogP contribution in [-0.2, 0) is 4.79 Å². The molecule has 0 aliphatic heterocycles. The van der Waals surface area contributed by atoms with Crippen LogP contribution in [0.1, 0.15) is 39.0 Å². The molecule has 3 heteroatoms. The lowest BCUT2D eigenvalue weighted by Gasteiger charge is -2.33. The van der Waals surface area contributed by atoms with Gasteiger partial charge in [-0.3, -0.25) is 4.79 Å². The van der Waals surface area contributed by atoms with E-state index in [2.05, 4.69) is 24.9 Å². The van der Waals surface area contributed by atoms with Gasteiger partial charge < -0.3 is 5.32 Å². The fourth-order valence-electron chi connectivity index (χ4n) is 1.95. The van der Waals surface area contributed by atoms with E-state index in [0.717, 1.165) is 6.54 Å². The van der Waals surface area contributed by atoms with Crippen molar-refractivity contribution in [3.63, 3.8) is 0 Å². The summed E-state index contributed by atoms with van der Waals surface area (Å²) in [6.07, 6.45) is 6.48. The number of carbonyl (C=O) groups is 1. The maximum atomic E-state index is 11.0. The molecule has 0 heterocycles.